The molecule has 0 spiro atoms. The zero-order valence-corrected chi connectivity index (χ0v) is 14.0. The molecule has 8 heteroatoms. The molecule has 0 saturated heterocycles. The van der Waals surface area contributed by atoms with Gasteiger partial charge < -0.3 is 21.1 Å². The summed E-state index contributed by atoms with van der Waals surface area (Å²) in [6.45, 7) is 5.20. The molecule has 3 amide bonds. The molecule has 0 aliphatic carbocycles. The van der Waals surface area contributed by atoms with Crippen LogP contribution in [0, 0.1) is 0 Å². The summed E-state index contributed by atoms with van der Waals surface area (Å²) in [4.78, 5) is 34.8. The first kappa shape index (κ1) is 19.5. The fourth-order valence-electron chi connectivity index (χ4n) is 1.90. The molecule has 24 heavy (non-hydrogen) atoms. The van der Waals surface area contributed by atoms with Crippen LogP contribution >= 0.6 is 11.6 Å². The van der Waals surface area contributed by atoms with Crippen LogP contribution in [0.5, 0.6) is 0 Å². The molecular formula is C16H20ClN3O4. The van der Waals surface area contributed by atoms with Gasteiger partial charge in [0, 0.05) is 11.6 Å². The molecule has 130 valence electrons. The van der Waals surface area contributed by atoms with Crippen molar-refractivity contribution in [3.05, 3.63) is 47.5 Å². The summed E-state index contributed by atoms with van der Waals surface area (Å²) < 4.78 is 5.06. The summed E-state index contributed by atoms with van der Waals surface area (Å²) in [5, 5.41) is 5.51. The standard InChI is InChI=1S/C16H20ClN3O4/c1-3-8-19-15(22)10(2)24-14(21)9-13(20-16(18)23)11-4-6-12(17)7-5-11/h3-7,10,13H,1,8-9H2,2H3,(H,19,22)(H3,18,20,23)/t10-,13-/m1/s1. The molecular weight excluding hydrogens is 334 g/mol. The van der Waals surface area contributed by atoms with E-state index in [4.69, 9.17) is 22.1 Å². The van der Waals surface area contributed by atoms with Gasteiger partial charge in [-0.05, 0) is 24.6 Å². The normalized spacial score (nSPS) is 12.6. The molecule has 4 N–H and O–H groups in total. The average Bonchev–Trinajstić information content (AvgIpc) is 2.52. The Morgan fingerprint density at radius 1 is 1.33 bits per heavy atom. The number of esters is 1. The Labute approximate surface area is 145 Å². The van der Waals surface area contributed by atoms with Gasteiger partial charge in [-0.25, -0.2) is 4.79 Å². The number of ether oxygens (including phenoxy) is 1. The van der Waals surface area contributed by atoms with Gasteiger partial charge >= 0.3 is 12.0 Å². The zero-order chi connectivity index (χ0) is 18.1. The lowest BCUT2D eigenvalue weighted by Gasteiger charge is -2.19. The maximum absolute atomic E-state index is 12.0. The van der Waals surface area contributed by atoms with Crippen LogP contribution in [0.25, 0.3) is 0 Å². The first-order valence-corrected chi connectivity index (χ1v) is 7.60. The molecule has 0 radical (unpaired) electrons. The second kappa shape index (κ2) is 9.57. The molecule has 1 aromatic carbocycles. The lowest BCUT2D eigenvalue weighted by atomic mass is 10.0. The minimum Gasteiger partial charge on any atom is -0.452 e. The van der Waals surface area contributed by atoms with Crippen LogP contribution in [0.1, 0.15) is 24.9 Å². The number of rotatable bonds is 8. The lowest BCUT2D eigenvalue weighted by molar-refractivity contribution is -0.155. The predicted molar refractivity (Wildman–Crippen MR) is 90.3 cm³/mol. The Kier molecular flexibility index (Phi) is 7.77. The highest BCUT2D eigenvalue weighted by molar-refractivity contribution is 6.30. The summed E-state index contributed by atoms with van der Waals surface area (Å²) in [5.74, 6) is -1.08. The van der Waals surface area contributed by atoms with Crippen LogP contribution in [0.2, 0.25) is 5.02 Å². The van der Waals surface area contributed by atoms with Crippen molar-refractivity contribution in [2.75, 3.05) is 6.54 Å². The first-order chi connectivity index (χ1) is 11.3. The molecule has 0 aliphatic rings. The number of nitrogens with one attached hydrogen (secondary N) is 2. The van der Waals surface area contributed by atoms with E-state index in [1.165, 1.54) is 13.0 Å². The Balaban J connectivity index is 2.70. The SMILES string of the molecule is C=CCNC(=O)[C@@H](C)OC(=O)C[C@@H](NC(N)=O)c1ccc(Cl)cc1. The highest BCUT2D eigenvalue weighted by Crippen LogP contribution is 2.20. The maximum Gasteiger partial charge on any atom is 0.312 e. The Bertz CT molecular complexity index is 604. The third kappa shape index (κ3) is 6.70. The van der Waals surface area contributed by atoms with Gasteiger partial charge in [-0.2, -0.15) is 0 Å². The van der Waals surface area contributed by atoms with Crippen LogP contribution in [0.15, 0.2) is 36.9 Å². The van der Waals surface area contributed by atoms with Gasteiger partial charge in [0.15, 0.2) is 6.10 Å². The molecule has 0 fully saturated rings. The number of carbonyl (C=O) groups is 3. The van der Waals surface area contributed by atoms with E-state index >= 15 is 0 Å². The summed E-state index contributed by atoms with van der Waals surface area (Å²) in [6.07, 6.45) is 0.376. The summed E-state index contributed by atoms with van der Waals surface area (Å²) in [5.41, 5.74) is 5.78. The molecule has 1 rings (SSSR count). The second-order valence-corrected chi connectivity index (χ2v) is 5.42. The van der Waals surface area contributed by atoms with Gasteiger partial charge in [-0.1, -0.05) is 29.8 Å². The minimum atomic E-state index is -0.961. The lowest BCUT2D eigenvalue weighted by Crippen LogP contribution is -2.38. The number of carbonyl (C=O) groups excluding carboxylic acids is 3. The second-order valence-electron chi connectivity index (χ2n) is 4.98. The largest absolute Gasteiger partial charge is 0.452 e. The minimum absolute atomic E-state index is 0.177. The molecule has 0 heterocycles. The Morgan fingerprint density at radius 2 is 1.96 bits per heavy atom. The molecule has 7 nitrogen and oxygen atoms in total. The zero-order valence-electron chi connectivity index (χ0n) is 13.3. The molecule has 0 aliphatic heterocycles. The van der Waals surface area contributed by atoms with Gasteiger partial charge in [0.2, 0.25) is 0 Å². The number of primary amides is 1. The predicted octanol–water partition coefficient (Wildman–Crippen LogP) is 1.67. The number of hydrogen-bond donors (Lipinski definition) is 3. The van der Waals surface area contributed by atoms with Crippen molar-refractivity contribution in [3.63, 3.8) is 0 Å². The van der Waals surface area contributed by atoms with Crippen molar-refractivity contribution in [2.24, 2.45) is 5.73 Å². The van der Waals surface area contributed by atoms with E-state index in [1.807, 2.05) is 0 Å². The van der Waals surface area contributed by atoms with Crippen LogP contribution < -0.4 is 16.4 Å². The number of halogens is 1. The maximum atomic E-state index is 12.0. The molecule has 1 aromatic rings. The Morgan fingerprint density at radius 3 is 2.50 bits per heavy atom. The quantitative estimate of drug-likeness (QED) is 0.487. The number of amides is 3. The van der Waals surface area contributed by atoms with Crippen molar-refractivity contribution >= 4 is 29.5 Å². The van der Waals surface area contributed by atoms with Crippen molar-refractivity contribution in [1.82, 2.24) is 10.6 Å². The van der Waals surface area contributed by atoms with Gasteiger partial charge in [-0.15, -0.1) is 6.58 Å². The van der Waals surface area contributed by atoms with E-state index in [-0.39, 0.29) is 13.0 Å². The van der Waals surface area contributed by atoms with Crippen molar-refractivity contribution in [3.8, 4) is 0 Å². The molecule has 0 saturated carbocycles. The van der Waals surface area contributed by atoms with E-state index in [0.717, 1.165) is 0 Å². The summed E-state index contributed by atoms with van der Waals surface area (Å²) in [7, 11) is 0. The average molecular weight is 354 g/mol. The van der Waals surface area contributed by atoms with Crippen molar-refractivity contribution < 1.29 is 19.1 Å². The van der Waals surface area contributed by atoms with E-state index in [9.17, 15) is 14.4 Å². The van der Waals surface area contributed by atoms with E-state index < -0.39 is 30.1 Å². The monoisotopic (exact) mass is 353 g/mol. The highest BCUT2D eigenvalue weighted by atomic mass is 35.5. The van der Waals surface area contributed by atoms with E-state index in [2.05, 4.69) is 17.2 Å². The topological polar surface area (TPSA) is 111 Å². The molecule has 0 aromatic heterocycles. The number of urea groups is 1. The summed E-state index contributed by atoms with van der Waals surface area (Å²) in [6, 6.07) is 5.12. The third-order valence-corrected chi connectivity index (χ3v) is 3.31. The van der Waals surface area contributed by atoms with Crippen LogP contribution in [-0.2, 0) is 14.3 Å². The van der Waals surface area contributed by atoms with Crippen molar-refractivity contribution in [2.45, 2.75) is 25.5 Å². The third-order valence-electron chi connectivity index (χ3n) is 3.06. The smallest absolute Gasteiger partial charge is 0.312 e. The van der Waals surface area contributed by atoms with Crippen LogP contribution in [0.3, 0.4) is 0 Å². The molecule has 0 bridgehead atoms. The highest BCUT2D eigenvalue weighted by Gasteiger charge is 2.22. The molecule has 2 atom stereocenters. The number of nitrogens with two attached hydrogens (primary N) is 1. The van der Waals surface area contributed by atoms with Gasteiger partial charge in [0.1, 0.15) is 0 Å². The van der Waals surface area contributed by atoms with Crippen LogP contribution in [0.4, 0.5) is 4.79 Å². The fourth-order valence-corrected chi connectivity index (χ4v) is 2.03. The van der Waals surface area contributed by atoms with Gasteiger partial charge in [-0.3, -0.25) is 9.59 Å². The van der Waals surface area contributed by atoms with Crippen LogP contribution in [-0.4, -0.2) is 30.6 Å². The first-order valence-electron chi connectivity index (χ1n) is 7.23. The number of benzene rings is 1. The van der Waals surface area contributed by atoms with E-state index in [1.54, 1.807) is 24.3 Å². The van der Waals surface area contributed by atoms with Gasteiger partial charge in [0.05, 0.1) is 12.5 Å². The molecule has 0 unspecified atom stereocenters. The number of hydrogen-bond acceptors (Lipinski definition) is 4. The fraction of sp³-hybridized carbons (Fsp3) is 0.312. The summed E-state index contributed by atoms with van der Waals surface area (Å²) >= 11 is 5.82. The van der Waals surface area contributed by atoms with E-state index in [0.29, 0.717) is 10.6 Å². The Hall–Kier alpha value is -2.54. The van der Waals surface area contributed by atoms with Crippen molar-refractivity contribution in [1.29, 1.82) is 0 Å². The van der Waals surface area contributed by atoms with Gasteiger partial charge in [0.25, 0.3) is 5.91 Å².